The number of aryl methyl sites for hydroxylation is 1. The molecule has 2 heterocycles. The lowest BCUT2D eigenvalue weighted by atomic mass is 9.82. The maximum Gasteiger partial charge on any atom is 0.0612 e. The Hall–Kier alpha value is -0.420. The van der Waals surface area contributed by atoms with Crippen LogP contribution in [0.25, 0.3) is 0 Å². The standard InChI is InChI=1S/C13H22N2OS/c1-7-5-6-17-13(7)12(15-14)11-8(2)9(3)16-10(11)4/h5-6,8-12,15H,14H2,1-4H3. The molecule has 96 valence electrons. The fourth-order valence-corrected chi connectivity index (χ4v) is 3.98. The van der Waals surface area contributed by atoms with Crippen molar-refractivity contribution in [3.8, 4) is 0 Å². The highest BCUT2D eigenvalue weighted by Gasteiger charge is 2.42. The van der Waals surface area contributed by atoms with Gasteiger partial charge < -0.3 is 4.74 Å². The number of thiophene rings is 1. The molecule has 1 fully saturated rings. The zero-order valence-electron chi connectivity index (χ0n) is 10.9. The van der Waals surface area contributed by atoms with E-state index >= 15 is 0 Å². The molecular weight excluding hydrogens is 232 g/mol. The van der Waals surface area contributed by atoms with Gasteiger partial charge in [-0.3, -0.25) is 11.3 Å². The molecular formula is C13H22N2OS. The van der Waals surface area contributed by atoms with Crippen LogP contribution in [-0.4, -0.2) is 12.2 Å². The Morgan fingerprint density at radius 2 is 2.06 bits per heavy atom. The highest BCUT2D eigenvalue weighted by Crippen LogP contribution is 2.42. The van der Waals surface area contributed by atoms with Crippen LogP contribution in [0.15, 0.2) is 11.4 Å². The van der Waals surface area contributed by atoms with Crippen molar-refractivity contribution in [3.63, 3.8) is 0 Å². The fourth-order valence-electron chi connectivity index (χ4n) is 2.93. The van der Waals surface area contributed by atoms with Crippen LogP contribution >= 0.6 is 11.3 Å². The molecule has 0 radical (unpaired) electrons. The third-order valence-electron chi connectivity index (χ3n) is 4.07. The van der Waals surface area contributed by atoms with Crippen molar-refractivity contribution in [3.05, 3.63) is 21.9 Å². The van der Waals surface area contributed by atoms with Crippen molar-refractivity contribution < 1.29 is 4.74 Å². The van der Waals surface area contributed by atoms with Gasteiger partial charge in [-0.1, -0.05) is 6.92 Å². The summed E-state index contributed by atoms with van der Waals surface area (Å²) < 4.78 is 5.92. The molecule has 5 atom stereocenters. The van der Waals surface area contributed by atoms with Crippen LogP contribution in [0.1, 0.15) is 37.3 Å². The van der Waals surface area contributed by atoms with Gasteiger partial charge in [0.2, 0.25) is 0 Å². The predicted octanol–water partition coefficient (Wildman–Crippen LogP) is 2.62. The highest BCUT2D eigenvalue weighted by atomic mass is 32.1. The van der Waals surface area contributed by atoms with Gasteiger partial charge in [0.25, 0.3) is 0 Å². The minimum Gasteiger partial charge on any atom is -0.375 e. The summed E-state index contributed by atoms with van der Waals surface area (Å²) in [5.41, 5.74) is 4.32. The molecule has 17 heavy (non-hydrogen) atoms. The van der Waals surface area contributed by atoms with Gasteiger partial charge in [-0.05, 0) is 43.7 Å². The first-order valence-corrected chi connectivity index (χ1v) is 7.09. The zero-order valence-corrected chi connectivity index (χ0v) is 11.8. The van der Waals surface area contributed by atoms with Crippen molar-refractivity contribution in [1.29, 1.82) is 0 Å². The van der Waals surface area contributed by atoms with Crippen molar-refractivity contribution in [2.24, 2.45) is 17.7 Å². The van der Waals surface area contributed by atoms with Gasteiger partial charge in [-0.25, -0.2) is 0 Å². The smallest absolute Gasteiger partial charge is 0.0612 e. The lowest BCUT2D eigenvalue weighted by Gasteiger charge is -2.28. The Morgan fingerprint density at radius 3 is 2.47 bits per heavy atom. The molecule has 0 spiro atoms. The lowest BCUT2D eigenvalue weighted by Crippen LogP contribution is -2.38. The Balaban J connectivity index is 2.27. The van der Waals surface area contributed by atoms with Crippen molar-refractivity contribution >= 4 is 11.3 Å². The van der Waals surface area contributed by atoms with E-state index in [1.54, 1.807) is 11.3 Å². The summed E-state index contributed by atoms with van der Waals surface area (Å²) in [5.74, 6) is 6.74. The monoisotopic (exact) mass is 254 g/mol. The average Bonchev–Trinajstić information content (AvgIpc) is 2.79. The molecule has 0 amide bonds. The molecule has 1 aromatic heterocycles. The minimum atomic E-state index is 0.199. The number of rotatable bonds is 3. The van der Waals surface area contributed by atoms with E-state index in [9.17, 15) is 0 Å². The number of hydrogen-bond acceptors (Lipinski definition) is 4. The Bertz CT molecular complexity index is 379. The molecule has 3 nitrogen and oxygen atoms in total. The molecule has 3 N–H and O–H groups in total. The molecule has 1 saturated heterocycles. The summed E-state index contributed by atoms with van der Waals surface area (Å²) in [6.45, 7) is 8.70. The summed E-state index contributed by atoms with van der Waals surface area (Å²) in [5, 5.41) is 2.13. The molecule has 0 aliphatic carbocycles. The second-order valence-electron chi connectivity index (χ2n) is 5.09. The molecule has 0 bridgehead atoms. The fraction of sp³-hybridized carbons (Fsp3) is 0.692. The largest absolute Gasteiger partial charge is 0.375 e. The summed E-state index contributed by atoms with van der Waals surface area (Å²) in [6, 6.07) is 2.35. The van der Waals surface area contributed by atoms with Crippen LogP contribution in [0.4, 0.5) is 0 Å². The van der Waals surface area contributed by atoms with E-state index in [-0.39, 0.29) is 12.1 Å². The first kappa shape index (κ1) is 13.0. The van der Waals surface area contributed by atoms with Crippen molar-refractivity contribution in [1.82, 2.24) is 5.43 Å². The second-order valence-corrected chi connectivity index (χ2v) is 6.04. The quantitative estimate of drug-likeness (QED) is 0.644. The molecule has 0 saturated carbocycles. The van der Waals surface area contributed by atoms with Crippen LogP contribution in [0.2, 0.25) is 0 Å². The molecule has 1 aromatic rings. The normalized spacial score (nSPS) is 35.1. The van der Waals surface area contributed by atoms with Gasteiger partial charge in [0.15, 0.2) is 0 Å². The number of ether oxygens (including phenoxy) is 1. The molecule has 2 rings (SSSR count). The lowest BCUT2D eigenvalue weighted by molar-refractivity contribution is 0.0476. The molecule has 1 aliphatic heterocycles. The van der Waals surface area contributed by atoms with Gasteiger partial charge in [0.05, 0.1) is 18.2 Å². The van der Waals surface area contributed by atoms with Crippen molar-refractivity contribution in [2.75, 3.05) is 0 Å². The van der Waals surface area contributed by atoms with Gasteiger partial charge in [-0.2, -0.15) is 0 Å². The number of hydrazine groups is 1. The highest BCUT2D eigenvalue weighted by molar-refractivity contribution is 7.10. The third kappa shape index (κ3) is 2.27. The Kier molecular flexibility index (Phi) is 3.88. The number of hydrogen-bond donors (Lipinski definition) is 2. The zero-order chi connectivity index (χ0) is 12.6. The Morgan fingerprint density at radius 1 is 1.35 bits per heavy atom. The summed E-state index contributed by atoms with van der Waals surface area (Å²) in [7, 11) is 0. The Labute approximate surface area is 107 Å². The summed E-state index contributed by atoms with van der Waals surface area (Å²) in [4.78, 5) is 1.34. The van der Waals surface area contributed by atoms with E-state index in [2.05, 4.69) is 44.6 Å². The second kappa shape index (κ2) is 5.06. The van der Waals surface area contributed by atoms with E-state index < -0.39 is 0 Å². The van der Waals surface area contributed by atoms with Crippen LogP contribution in [0, 0.1) is 18.8 Å². The first-order valence-electron chi connectivity index (χ1n) is 6.21. The molecule has 4 heteroatoms. The average molecular weight is 254 g/mol. The SMILES string of the molecule is Cc1ccsc1C(NN)C1C(C)OC(C)C1C. The van der Waals surface area contributed by atoms with Gasteiger partial charge in [0.1, 0.15) is 0 Å². The third-order valence-corrected chi connectivity index (χ3v) is 5.17. The summed E-state index contributed by atoms with van der Waals surface area (Å²) in [6.07, 6.45) is 0.564. The van der Waals surface area contributed by atoms with E-state index in [4.69, 9.17) is 10.6 Å². The minimum absolute atomic E-state index is 0.199. The molecule has 0 aromatic carbocycles. The summed E-state index contributed by atoms with van der Waals surface area (Å²) >= 11 is 1.78. The van der Waals surface area contributed by atoms with Crippen LogP contribution < -0.4 is 11.3 Å². The predicted molar refractivity (Wildman–Crippen MR) is 71.8 cm³/mol. The number of nitrogens with one attached hydrogen (secondary N) is 1. The first-order chi connectivity index (χ1) is 8.06. The van der Waals surface area contributed by atoms with Crippen LogP contribution in [-0.2, 0) is 4.74 Å². The van der Waals surface area contributed by atoms with Crippen LogP contribution in [0.5, 0.6) is 0 Å². The topological polar surface area (TPSA) is 47.3 Å². The molecule has 1 aliphatic rings. The van der Waals surface area contributed by atoms with E-state index in [0.29, 0.717) is 17.9 Å². The number of nitrogens with two attached hydrogens (primary N) is 1. The maximum atomic E-state index is 5.92. The van der Waals surface area contributed by atoms with Gasteiger partial charge in [-0.15, -0.1) is 11.3 Å². The van der Waals surface area contributed by atoms with E-state index in [1.807, 2.05) is 0 Å². The van der Waals surface area contributed by atoms with Crippen LogP contribution in [0.3, 0.4) is 0 Å². The van der Waals surface area contributed by atoms with Crippen molar-refractivity contribution in [2.45, 2.75) is 45.9 Å². The van der Waals surface area contributed by atoms with Gasteiger partial charge in [0, 0.05) is 10.8 Å². The van der Waals surface area contributed by atoms with Gasteiger partial charge >= 0.3 is 0 Å². The maximum absolute atomic E-state index is 5.92. The van der Waals surface area contributed by atoms with E-state index in [1.165, 1.54) is 10.4 Å². The molecule has 5 unspecified atom stereocenters. The van der Waals surface area contributed by atoms with E-state index in [0.717, 1.165) is 0 Å².